The highest BCUT2D eigenvalue weighted by Gasteiger charge is 2.26. The van der Waals surface area contributed by atoms with Crippen LogP contribution in [0.1, 0.15) is 44.7 Å². The number of rotatable bonds is 7. The zero-order chi connectivity index (χ0) is 22.0. The molecule has 2 heterocycles. The van der Waals surface area contributed by atoms with E-state index in [9.17, 15) is 4.79 Å². The molecule has 4 rings (SSSR count). The molecule has 1 aromatic carbocycles. The topological polar surface area (TPSA) is 109 Å². The van der Waals surface area contributed by atoms with E-state index >= 15 is 0 Å². The van der Waals surface area contributed by atoms with E-state index in [4.69, 9.17) is 15.1 Å². The Morgan fingerprint density at radius 3 is 2.71 bits per heavy atom. The average Bonchev–Trinajstić information content (AvgIpc) is 3.42. The Labute approximate surface area is 185 Å². The lowest BCUT2D eigenvalue weighted by Gasteiger charge is -2.20. The summed E-state index contributed by atoms with van der Waals surface area (Å²) in [6.07, 6.45) is 5.10. The van der Waals surface area contributed by atoms with E-state index in [0.717, 1.165) is 30.0 Å². The highest BCUT2D eigenvalue weighted by molar-refractivity contribution is 8.00. The normalized spacial score (nSPS) is 15.3. The summed E-state index contributed by atoms with van der Waals surface area (Å²) in [5.74, 6) is 0.772. The first-order valence-electron chi connectivity index (χ1n) is 10.7. The Hall–Kier alpha value is -2.81. The van der Waals surface area contributed by atoms with Gasteiger partial charge >= 0.3 is 0 Å². The van der Waals surface area contributed by atoms with Crippen molar-refractivity contribution in [1.82, 2.24) is 25.1 Å². The number of aromatic amines is 1. The molecule has 3 N–H and O–H groups in total. The standard InChI is InChI=1S/C22H28N6O2S/c1-4-17(21(29)24-14-7-5-6-8-14)31-22-25-20-18(13(2)26-27-20)19(23)28(22)15-9-11-16(30-3)12-10-15/h9-12,14,17,23H,4-8H2,1-3H3,(H,24,29)(H,26,27). The minimum atomic E-state index is -0.297. The van der Waals surface area contributed by atoms with Gasteiger partial charge in [0.2, 0.25) is 5.91 Å². The molecule has 0 radical (unpaired) electrons. The van der Waals surface area contributed by atoms with Crippen molar-refractivity contribution in [3.8, 4) is 11.4 Å². The fourth-order valence-electron chi connectivity index (χ4n) is 3.99. The highest BCUT2D eigenvalue weighted by atomic mass is 32.2. The van der Waals surface area contributed by atoms with Gasteiger partial charge in [-0.2, -0.15) is 5.10 Å². The van der Waals surface area contributed by atoms with Crippen LogP contribution in [0.15, 0.2) is 29.4 Å². The molecule has 164 valence electrons. The predicted molar refractivity (Wildman–Crippen MR) is 121 cm³/mol. The molecule has 1 amide bonds. The van der Waals surface area contributed by atoms with E-state index in [1.165, 1.54) is 24.6 Å². The van der Waals surface area contributed by atoms with Crippen molar-refractivity contribution in [3.05, 3.63) is 35.4 Å². The number of aryl methyl sites for hydroxylation is 1. The number of fused-ring (bicyclic) bond motifs is 1. The summed E-state index contributed by atoms with van der Waals surface area (Å²) < 4.78 is 7.05. The Bertz CT molecular complexity index is 1130. The van der Waals surface area contributed by atoms with Crippen LogP contribution in [-0.2, 0) is 4.79 Å². The summed E-state index contributed by atoms with van der Waals surface area (Å²) in [5.41, 5.74) is 2.35. The van der Waals surface area contributed by atoms with Gasteiger partial charge in [-0.1, -0.05) is 31.5 Å². The number of benzene rings is 1. The van der Waals surface area contributed by atoms with Crippen LogP contribution in [0.3, 0.4) is 0 Å². The molecule has 0 bridgehead atoms. The molecule has 8 nitrogen and oxygen atoms in total. The summed E-state index contributed by atoms with van der Waals surface area (Å²) in [7, 11) is 1.62. The second-order valence-corrected chi connectivity index (χ2v) is 9.00. The Kier molecular flexibility index (Phi) is 6.31. The summed E-state index contributed by atoms with van der Waals surface area (Å²) >= 11 is 1.38. The van der Waals surface area contributed by atoms with Gasteiger partial charge < -0.3 is 10.1 Å². The molecule has 1 unspecified atom stereocenters. The molecule has 1 fully saturated rings. The van der Waals surface area contributed by atoms with Gasteiger partial charge in [0.1, 0.15) is 11.2 Å². The first kappa shape index (κ1) is 21.4. The lowest BCUT2D eigenvalue weighted by atomic mass is 10.2. The first-order chi connectivity index (χ1) is 15.0. The molecule has 0 aliphatic heterocycles. The number of methoxy groups -OCH3 is 1. The molecule has 3 aromatic rings. The van der Waals surface area contributed by atoms with Gasteiger partial charge in [0.25, 0.3) is 0 Å². The van der Waals surface area contributed by atoms with Gasteiger partial charge in [-0.3, -0.25) is 19.9 Å². The van der Waals surface area contributed by atoms with E-state index in [1.54, 1.807) is 11.7 Å². The van der Waals surface area contributed by atoms with Gasteiger partial charge in [0, 0.05) is 17.4 Å². The maximum atomic E-state index is 13.0. The summed E-state index contributed by atoms with van der Waals surface area (Å²) in [4.78, 5) is 17.7. The minimum absolute atomic E-state index is 0.0346. The van der Waals surface area contributed by atoms with Crippen molar-refractivity contribution < 1.29 is 9.53 Å². The zero-order valence-electron chi connectivity index (χ0n) is 18.1. The Morgan fingerprint density at radius 2 is 2.06 bits per heavy atom. The second kappa shape index (κ2) is 9.13. The number of nitrogens with zero attached hydrogens (tertiary/aromatic N) is 3. The van der Waals surface area contributed by atoms with Crippen LogP contribution in [0.2, 0.25) is 0 Å². The van der Waals surface area contributed by atoms with E-state index in [2.05, 4.69) is 15.5 Å². The number of amides is 1. The largest absolute Gasteiger partial charge is 0.497 e. The lowest BCUT2D eigenvalue weighted by Crippen LogP contribution is -2.39. The molecular weight excluding hydrogens is 412 g/mol. The zero-order valence-corrected chi connectivity index (χ0v) is 18.9. The Morgan fingerprint density at radius 1 is 1.35 bits per heavy atom. The third-order valence-corrected chi connectivity index (χ3v) is 7.04. The maximum Gasteiger partial charge on any atom is 0.233 e. The molecule has 1 aliphatic rings. The fraction of sp³-hybridized carbons (Fsp3) is 0.455. The number of thioether (sulfide) groups is 1. The molecule has 9 heteroatoms. The van der Waals surface area contributed by atoms with E-state index < -0.39 is 0 Å². The molecule has 1 aliphatic carbocycles. The van der Waals surface area contributed by atoms with Crippen molar-refractivity contribution in [2.45, 2.75) is 62.4 Å². The number of nitrogens with one attached hydrogen (secondary N) is 3. The number of ether oxygens (including phenoxy) is 1. The van der Waals surface area contributed by atoms with Crippen molar-refractivity contribution >= 4 is 28.7 Å². The van der Waals surface area contributed by atoms with Crippen molar-refractivity contribution in [2.24, 2.45) is 0 Å². The lowest BCUT2D eigenvalue weighted by molar-refractivity contribution is -0.121. The molecule has 0 saturated heterocycles. The summed E-state index contributed by atoms with van der Waals surface area (Å²) in [6, 6.07) is 7.76. The SMILES string of the molecule is CCC(Sc1nc2n[nH]c(C)c2c(=N)n1-c1ccc(OC)cc1)C(=O)NC1CCCC1. The Balaban J connectivity index is 1.74. The van der Waals surface area contributed by atoms with Crippen LogP contribution < -0.4 is 15.5 Å². The number of aromatic nitrogens is 4. The van der Waals surface area contributed by atoms with Crippen LogP contribution in [0.4, 0.5) is 0 Å². The number of hydrogen-bond acceptors (Lipinski definition) is 6. The number of H-pyrrole nitrogens is 1. The highest BCUT2D eigenvalue weighted by Crippen LogP contribution is 2.28. The van der Waals surface area contributed by atoms with Gasteiger partial charge in [-0.15, -0.1) is 0 Å². The third kappa shape index (κ3) is 4.32. The van der Waals surface area contributed by atoms with Crippen LogP contribution in [0.5, 0.6) is 5.75 Å². The van der Waals surface area contributed by atoms with Crippen molar-refractivity contribution in [1.29, 1.82) is 5.41 Å². The molecular formula is C22H28N6O2S. The monoisotopic (exact) mass is 440 g/mol. The van der Waals surface area contributed by atoms with Gasteiger partial charge in [-0.25, -0.2) is 4.98 Å². The van der Waals surface area contributed by atoms with Crippen LogP contribution in [-0.4, -0.2) is 44.1 Å². The van der Waals surface area contributed by atoms with E-state index in [1.807, 2.05) is 38.1 Å². The molecule has 0 spiro atoms. The second-order valence-electron chi connectivity index (χ2n) is 7.83. The number of hydrogen-bond donors (Lipinski definition) is 3. The smallest absolute Gasteiger partial charge is 0.233 e. The van der Waals surface area contributed by atoms with E-state index in [-0.39, 0.29) is 22.7 Å². The third-order valence-electron chi connectivity index (χ3n) is 5.72. The number of carbonyl (C=O) groups is 1. The predicted octanol–water partition coefficient (Wildman–Crippen LogP) is 3.47. The molecule has 1 atom stereocenters. The van der Waals surface area contributed by atoms with Gasteiger partial charge in [-0.05, 0) is 50.5 Å². The van der Waals surface area contributed by atoms with Crippen LogP contribution in [0, 0.1) is 12.3 Å². The van der Waals surface area contributed by atoms with Gasteiger partial charge in [0.05, 0.1) is 17.7 Å². The van der Waals surface area contributed by atoms with E-state index in [0.29, 0.717) is 22.6 Å². The van der Waals surface area contributed by atoms with Crippen LogP contribution >= 0.6 is 11.8 Å². The van der Waals surface area contributed by atoms with Crippen molar-refractivity contribution in [3.63, 3.8) is 0 Å². The minimum Gasteiger partial charge on any atom is -0.497 e. The first-order valence-corrected chi connectivity index (χ1v) is 11.5. The molecule has 2 aromatic heterocycles. The van der Waals surface area contributed by atoms with Crippen molar-refractivity contribution in [2.75, 3.05) is 7.11 Å². The average molecular weight is 441 g/mol. The summed E-state index contributed by atoms with van der Waals surface area (Å²) in [5, 5.41) is 20.2. The molecule has 1 saturated carbocycles. The quantitative estimate of drug-likeness (QED) is 0.385. The van der Waals surface area contributed by atoms with Crippen LogP contribution in [0.25, 0.3) is 16.7 Å². The molecule has 31 heavy (non-hydrogen) atoms. The summed E-state index contributed by atoms with van der Waals surface area (Å²) in [6.45, 7) is 3.88. The van der Waals surface area contributed by atoms with Gasteiger partial charge in [0.15, 0.2) is 10.8 Å². The maximum absolute atomic E-state index is 13.0. The fourth-order valence-corrected chi connectivity index (χ4v) is 5.03. The number of carbonyl (C=O) groups excluding carboxylic acids is 1.